The second-order valence-electron chi connectivity index (χ2n) is 7.72. The van der Waals surface area contributed by atoms with Gasteiger partial charge in [-0.1, -0.05) is 30.3 Å². The lowest BCUT2D eigenvalue weighted by Crippen LogP contribution is -2.23. The van der Waals surface area contributed by atoms with E-state index in [1.807, 2.05) is 42.5 Å². The first kappa shape index (κ1) is 25.5. The van der Waals surface area contributed by atoms with Crippen molar-refractivity contribution in [2.24, 2.45) is 4.99 Å². The van der Waals surface area contributed by atoms with Gasteiger partial charge >= 0.3 is 5.97 Å². The van der Waals surface area contributed by atoms with Crippen LogP contribution in [-0.4, -0.2) is 43.2 Å². The molecule has 1 aliphatic heterocycles. The maximum Gasteiger partial charge on any atom is 0.337 e. The summed E-state index contributed by atoms with van der Waals surface area (Å²) in [5.74, 6) is 0.559. The highest BCUT2D eigenvalue weighted by molar-refractivity contribution is 9.10. The SMILES string of the molecule is COC(=O)c1ccc(N=C2S/C(=C/c3cc(Br)c(OCc4ccccc4)c(OC)c3)C(=O)N2C)cc1. The van der Waals surface area contributed by atoms with Gasteiger partial charge in [-0.3, -0.25) is 9.69 Å². The van der Waals surface area contributed by atoms with E-state index in [0.717, 1.165) is 11.1 Å². The number of carbonyl (C=O) groups excluding carboxylic acids is 2. The molecule has 0 N–H and O–H groups in total. The molecule has 3 aromatic carbocycles. The molecule has 1 saturated heterocycles. The van der Waals surface area contributed by atoms with Gasteiger partial charge in [-0.15, -0.1) is 0 Å². The number of likely N-dealkylation sites (N-methyl/N-ethyl adjacent to an activating group) is 1. The van der Waals surface area contributed by atoms with E-state index in [0.29, 0.717) is 43.9 Å². The molecule has 3 aromatic rings. The van der Waals surface area contributed by atoms with Crippen molar-refractivity contribution < 1.29 is 23.8 Å². The number of benzene rings is 3. The monoisotopic (exact) mass is 566 g/mol. The van der Waals surface area contributed by atoms with Crippen LogP contribution < -0.4 is 9.47 Å². The Hall–Kier alpha value is -3.56. The zero-order chi connectivity index (χ0) is 25.7. The first-order chi connectivity index (χ1) is 17.4. The first-order valence-corrected chi connectivity index (χ1v) is 12.5. The molecular formula is C27H23BrN2O5S. The zero-order valence-corrected chi connectivity index (χ0v) is 22.3. The summed E-state index contributed by atoms with van der Waals surface area (Å²) in [5, 5.41) is 0.533. The third-order valence-corrected chi connectivity index (χ3v) is 6.94. The van der Waals surface area contributed by atoms with Crippen LogP contribution in [0.2, 0.25) is 0 Å². The van der Waals surface area contributed by atoms with Crippen LogP contribution in [0.3, 0.4) is 0 Å². The molecule has 184 valence electrons. The number of ether oxygens (including phenoxy) is 3. The molecule has 0 atom stereocenters. The highest BCUT2D eigenvalue weighted by Gasteiger charge is 2.30. The molecule has 0 bridgehead atoms. The molecule has 0 radical (unpaired) electrons. The van der Waals surface area contributed by atoms with Gasteiger partial charge in [0.05, 0.1) is 34.8 Å². The van der Waals surface area contributed by atoms with Crippen LogP contribution in [0.5, 0.6) is 11.5 Å². The van der Waals surface area contributed by atoms with E-state index in [9.17, 15) is 9.59 Å². The Morgan fingerprint density at radius 3 is 2.47 bits per heavy atom. The van der Waals surface area contributed by atoms with E-state index in [1.165, 1.54) is 23.8 Å². The molecule has 4 rings (SSSR count). The van der Waals surface area contributed by atoms with Crippen LogP contribution in [0, 0.1) is 0 Å². The molecule has 0 spiro atoms. The fraction of sp³-hybridized carbons (Fsp3) is 0.148. The Morgan fingerprint density at radius 2 is 1.81 bits per heavy atom. The minimum Gasteiger partial charge on any atom is -0.493 e. The summed E-state index contributed by atoms with van der Waals surface area (Å²) in [6.07, 6.45) is 1.79. The van der Waals surface area contributed by atoms with Gasteiger partial charge in [0, 0.05) is 7.05 Å². The number of halogens is 1. The molecule has 0 aromatic heterocycles. The van der Waals surface area contributed by atoms with Crippen molar-refractivity contribution in [3.05, 3.63) is 92.8 Å². The van der Waals surface area contributed by atoms with Gasteiger partial charge in [-0.05, 0) is 81.3 Å². The number of nitrogens with zero attached hydrogens (tertiary/aromatic N) is 2. The number of aliphatic imine (C=N–C) groups is 1. The minimum absolute atomic E-state index is 0.163. The molecule has 0 saturated carbocycles. The number of amidine groups is 1. The molecule has 36 heavy (non-hydrogen) atoms. The summed E-state index contributed by atoms with van der Waals surface area (Å²) in [7, 11) is 4.59. The predicted octanol–water partition coefficient (Wildman–Crippen LogP) is 6.06. The van der Waals surface area contributed by atoms with Gasteiger partial charge in [0.25, 0.3) is 5.91 Å². The van der Waals surface area contributed by atoms with Crippen molar-refractivity contribution in [1.82, 2.24) is 4.90 Å². The summed E-state index contributed by atoms with van der Waals surface area (Å²) < 4.78 is 17.0. The highest BCUT2D eigenvalue weighted by atomic mass is 79.9. The fourth-order valence-corrected chi connectivity index (χ4v) is 4.96. The van der Waals surface area contributed by atoms with Gasteiger partial charge in [0.1, 0.15) is 6.61 Å². The van der Waals surface area contributed by atoms with Crippen molar-refractivity contribution in [3.63, 3.8) is 0 Å². The van der Waals surface area contributed by atoms with Crippen LogP contribution in [0.15, 0.2) is 81.1 Å². The maximum absolute atomic E-state index is 12.9. The average molecular weight is 567 g/mol. The zero-order valence-electron chi connectivity index (χ0n) is 19.9. The first-order valence-electron chi connectivity index (χ1n) is 10.9. The Kier molecular flexibility index (Phi) is 8.12. The lowest BCUT2D eigenvalue weighted by Gasteiger charge is -2.14. The molecular weight excluding hydrogens is 544 g/mol. The number of amides is 1. The van der Waals surface area contributed by atoms with Gasteiger partial charge in [0.2, 0.25) is 0 Å². The summed E-state index contributed by atoms with van der Waals surface area (Å²) in [4.78, 5) is 31.1. The molecule has 0 aliphatic carbocycles. The quantitative estimate of drug-likeness (QED) is 0.255. The third-order valence-electron chi connectivity index (χ3n) is 5.29. The topological polar surface area (TPSA) is 77.4 Å². The molecule has 1 heterocycles. The van der Waals surface area contributed by atoms with Crippen molar-refractivity contribution in [3.8, 4) is 11.5 Å². The highest BCUT2D eigenvalue weighted by Crippen LogP contribution is 2.39. The van der Waals surface area contributed by atoms with Crippen LogP contribution in [0.25, 0.3) is 6.08 Å². The van der Waals surface area contributed by atoms with Crippen LogP contribution in [0.4, 0.5) is 5.69 Å². The largest absolute Gasteiger partial charge is 0.493 e. The minimum atomic E-state index is -0.417. The maximum atomic E-state index is 12.9. The van der Waals surface area contributed by atoms with Crippen LogP contribution in [-0.2, 0) is 16.1 Å². The molecule has 1 amide bonds. The number of hydrogen-bond donors (Lipinski definition) is 0. The smallest absolute Gasteiger partial charge is 0.337 e. The molecule has 9 heteroatoms. The predicted molar refractivity (Wildman–Crippen MR) is 145 cm³/mol. The summed E-state index contributed by atoms with van der Waals surface area (Å²) in [6, 6.07) is 20.2. The van der Waals surface area contributed by atoms with E-state index >= 15 is 0 Å². The van der Waals surface area contributed by atoms with Crippen molar-refractivity contribution >= 4 is 56.5 Å². The van der Waals surface area contributed by atoms with Gasteiger partial charge in [-0.2, -0.15) is 0 Å². The number of esters is 1. The average Bonchev–Trinajstić information content (AvgIpc) is 3.15. The van der Waals surface area contributed by atoms with Gasteiger partial charge in [-0.25, -0.2) is 9.79 Å². The fourth-order valence-electron chi connectivity index (χ4n) is 3.40. The summed E-state index contributed by atoms with van der Waals surface area (Å²) in [5.41, 5.74) is 2.87. The standard InChI is InChI=1S/C27H23BrN2O5S/c1-30-25(31)23(36-27(30)29-20-11-9-19(10-12-20)26(32)34-3)15-18-13-21(28)24(22(14-18)33-2)35-16-17-7-5-4-6-8-17/h4-15H,16H2,1-3H3/b23-15+,29-27?. The van der Waals surface area contributed by atoms with Gasteiger partial charge < -0.3 is 14.2 Å². The van der Waals surface area contributed by atoms with Gasteiger partial charge in [0.15, 0.2) is 16.7 Å². The summed E-state index contributed by atoms with van der Waals surface area (Å²) in [6.45, 7) is 0.399. The molecule has 0 unspecified atom stereocenters. The Balaban J connectivity index is 1.54. The van der Waals surface area contributed by atoms with Crippen molar-refractivity contribution in [1.29, 1.82) is 0 Å². The normalized spacial score (nSPS) is 15.4. The Labute approximate surface area is 221 Å². The molecule has 7 nitrogen and oxygen atoms in total. The second kappa shape index (κ2) is 11.5. The third kappa shape index (κ3) is 5.80. The second-order valence-corrected chi connectivity index (χ2v) is 9.58. The Morgan fingerprint density at radius 1 is 1.08 bits per heavy atom. The van der Waals surface area contributed by atoms with E-state index in [1.54, 1.807) is 44.5 Å². The van der Waals surface area contributed by atoms with Crippen LogP contribution in [0.1, 0.15) is 21.5 Å². The van der Waals surface area contributed by atoms with E-state index < -0.39 is 5.97 Å². The Bertz CT molecular complexity index is 1340. The lowest BCUT2D eigenvalue weighted by atomic mass is 10.1. The van der Waals surface area contributed by atoms with E-state index in [-0.39, 0.29) is 5.91 Å². The number of hydrogen-bond acceptors (Lipinski definition) is 7. The van der Waals surface area contributed by atoms with Crippen LogP contribution >= 0.6 is 27.7 Å². The summed E-state index contributed by atoms with van der Waals surface area (Å²) >= 11 is 4.84. The van der Waals surface area contributed by atoms with Crippen molar-refractivity contribution in [2.75, 3.05) is 21.3 Å². The number of thioether (sulfide) groups is 1. The number of carbonyl (C=O) groups is 2. The molecule has 1 aliphatic rings. The molecule has 1 fully saturated rings. The van der Waals surface area contributed by atoms with E-state index in [2.05, 4.69) is 20.9 Å². The lowest BCUT2D eigenvalue weighted by molar-refractivity contribution is -0.121. The number of methoxy groups -OCH3 is 2. The number of rotatable bonds is 7. The van der Waals surface area contributed by atoms with E-state index in [4.69, 9.17) is 14.2 Å². The van der Waals surface area contributed by atoms with Crippen molar-refractivity contribution in [2.45, 2.75) is 6.61 Å².